The van der Waals surface area contributed by atoms with Gasteiger partial charge >= 0.3 is 0 Å². The van der Waals surface area contributed by atoms with Crippen LogP contribution in [-0.2, 0) is 4.79 Å². The van der Waals surface area contributed by atoms with Gasteiger partial charge in [0.25, 0.3) is 0 Å². The average molecular weight is 399 g/mol. The van der Waals surface area contributed by atoms with Crippen LogP contribution in [0, 0.1) is 20.8 Å². The first kappa shape index (κ1) is 19.6. The fourth-order valence-corrected chi connectivity index (χ4v) is 3.69. The highest BCUT2D eigenvalue weighted by Gasteiger charge is 2.15. The Labute approximate surface area is 175 Å². The van der Waals surface area contributed by atoms with Gasteiger partial charge in [0.15, 0.2) is 11.5 Å². The molecule has 1 atom stereocenters. The van der Waals surface area contributed by atoms with E-state index >= 15 is 0 Å². The van der Waals surface area contributed by atoms with Gasteiger partial charge in [-0.05, 0) is 69.7 Å². The molecule has 0 radical (unpaired) electrons. The number of aryl methyl sites for hydroxylation is 2. The molecule has 0 bridgehead atoms. The van der Waals surface area contributed by atoms with Crippen molar-refractivity contribution in [3.05, 3.63) is 89.1 Å². The number of nitrogens with zero attached hydrogens (tertiary/aromatic N) is 4. The van der Waals surface area contributed by atoms with Gasteiger partial charge in [-0.15, -0.1) is 10.2 Å². The van der Waals surface area contributed by atoms with E-state index in [-0.39, 0.29) is 11.9 Å². The van der Waals surface area contributed by atoms with Gasteiger partial charge in [-0.3, -0.25) is 9.20 Å². The fourth-order valence-electron chi connectivity index (χ4n) is 3.69. The maximum atomic E-state index is 12.5. The molecule has 1 amide bonds. The van der Waals surface area contributed by atoms with Crippen molar-refractivity contribution in [1.82, 2.24) is 24.5 Å². The van der Waals surface area contributed by atoms with E-state index in [0.29, 0.717) is 5.82 Å². The van der Waals surface area contributed by atoms with E-state index < -0.39 is 0 Å². The number of carbonyl (C=O) groups excluding carboxylic acids is 1. The lowest BCUT2D eigenvalue weighted by Gasteiger charge is -2.11. The van der Waals surface area contributed by atoms with E-state index in [1.807, 2.05) is 41.8 Å². The van der Waals surface area contributed by atoms with E-state index in [1.165, 1.54) is 5.56 Å². The Morgan fingerprint density at radius 1 is 1.07 bits per heavy atom. The summed E-state index contributed by atoms with van der Waals surface area (Å²) in [5, 5.41) is 11.3. The van der Waals surface area contributed by atoms with Crippen molar-refractivity contribution in [2.45, 2.75) is 33.7 Å². The predicted molar refractivity (Wildman–Crippen MR) is 119 cm³/mol. The van der Waals surface area contributed by atoms with E-state index in [1.54, 1.807) is 6.08 Å². The number of pyridine rings is 1. The third-order valence-corrected chi connectivity index (χ3v) is 5.26. The topological polar surface area (TPSA) is 64.2 Å². The number of aromatic nitrogens is 4. The summed E-state index contributed by atoms with van der Waals surface area (Å²) in [5.41, 5.74) is 6.34. The van der Waals surface area contributed by atoms with E-state index in [0.717, 1.165) is 28.3 Å². The van der Waals surface area contributed by atoms with Crippen molar-refractivity contribution >= 4 is 17.6 Å². The number of fused-ring (bicyclic) bond motifs is 1. The molecular weight excluding hydrogens is 374 g/mol. The van der Waals surface area contributed by atoms with Gasteiger partial charge in [0, 0.05) is 29.3 Å². The molecule has 1 N–H and O–H groups in total. The molecule has 0 saturated heterocycles. The van der Waals surface area contributed by atoms with E-state index in [4.69, 9.17) is 0 Å². The van der Waals surface area contributed by atoms with Crippen LogP contribution in [-0.4, -0.2) is 25.1 Å². The SMILES string of the molecule is Cc1ccc(-n2c(C)cc(/C=C/C(=O)NC(C)c3nnc4ccccn34)c2C)cc1. The van der Waals surface area contributed by atoms with Gasteiger partial charge in [0.1, 0.15) is 0 Å². The summed E-state index contributed by atoms with van der Waals surface area (Å²) in [5.74, 6) is 0.528. The second-order valence-corrected chi connectivity index (χ2v) is 7.55. The number of rotatable bonds is 5. The number of hydrogen-bond acceptors (Lipinski definition) is 3. The zero-order valence-corrected chi connectivity index (χ0v) is 17.6. The summed E-state index contributed by atoms with van der Waals surface area (Å²) >= 11 is 0. The fraction of sp³-hybridized carbons (Fsp3) is 0.208. The van der Waals surface area contributed by atoms with Gasteiger partial charge in [-0.25, -0.2) is 0 Å². The van der Waals surface area contributed by atoms with Crippen LogP contribution in [0.25, 0.3) is 17.4 Å². The molecule has 1 unspecified atom stereocenters. The molecule has 4 aromatic rings. The standard InChI is InChI=1S/C24H25N5O/c1-16-8-11-21(12-9-16)29-17(2)15-20(19(29)4)10-13-23(30)25-18(3)24-27-26-22-7-5-6-14-28(22)24/h5-15,18H,1-4H3,(H,25,30)/b13-10+. The molecule has 4 rings (SSSR count). The van der Waals surface area contributed by atoms with Crippen LogP contribution < -0.4 is 5.32 Å². The van der Waals surface area contributed by atoms with Gasteiger partial charge in [0.2, 0.25) is 5.91 Å². The number of nitrogens with one attached hydrogen (secondary N) is 1. The average Bonchev–Trinajstić information content (AvgIpc) is 3.28. The first-order chi connectivity index (χ1) is 14.4. The largest absolute Gasteiger partial charge is 0.343 e. The van der Waals surface area contributed by atoms with Crippen LogP contribution in [0.1, 0.15) is 41.3 Å². The van der Waals surface area contributed by atoms with Crippen LogP contribution in [0.5, 0.6) is 0 Å². The first-order valence-corrected chi connectivity index (χ1v) is 9.98. The van der Waals surface area contributed by atoms with E-state index in [9.17, 15) is 4.79 Å². The molecule has 6 nitrogen and oxygen atoms in total. The third-order valence-electron chi connectivity index (χ3n) is 5.26. The lowest BCUT2D eigenvalue weighted by Crippen LogP contribution is -2.26. The maximum Gasteiger partial charge on any atom is 0.244 e. The van der Waals surface area contributed by atoms with Crippen molar-refractivity contribution in [2.24, 2.45) is 0 Å². The second-order valence-electron chi connectivity index (χ2n) is 7.55. The Hall–Kier alpha value is -3.67. The maximum absolute atomic E-state index is 12.5. The van der Waals surface area contributed by atoms with Gasteiger partial charge < -0.3 is 9.88 Å². The molecule has 0 aliphatic rings. The quantitative estimate of drug-likeness (QED) is 0.508. The summed E-state index contributed by atoms with van der Waals surface area (Å²) in [6.07, 6.45) is 5.32. The van der Waals surface area contributed by atoms with Crippen LogP contribution in [0.3, 0.4) is 0 Å². The number of hydrogen-bond donors (Lipinski definition) is 1. The zero-order valence-electron chi connectivity index (χ0n) is 17.6. The minimum atomic E-state index is -0.264. The highest BCUT2D eigenvalue weighted by Crippen LogP contribution is 2.22. The molecule has 30 heavy (non-hydrogen) atoms. The summed E-state index contributed by atoms with van der Waals surface area (Å²) in [6.45, 7) is 8.12. The van der Waals surface area contributed by atoms with Crippen molar-refractivity contribution in [2.75, 3.05) is 0 Å². The highest BCUT2D eigenvalue weighted by atomic mass is 16.1. The molecule has 0 saturated carbocycles. The molecule has 152 valence electrons. The van der Waals surface area contributed by atoms with Crippen LogP contribution >= 0.6 is 0 Å². The van der Waals surface area contributed by atoms with Crippen LogP contribution in [0.4, 0.5) is 0 Å². The summed E-state index contributed by atoms with van der Waals surface area (Å²) < 4.78 is 4.08. The Balaban J connectivity index is 1.50. The van der Waals surface area contributed by atoms with Crippen molar-refractivity contribution < 1.29 is 4.79 Å². The minimum absolute atomic E-state index is 0.171. The molecule has 0 fully saturated rings. The molecule has 0 spiro atoms. The van der Waals surface area contributed by atoms with E-state index in [2.05, 4.69) is 71.2 Å². The monoisotopic (exact) mass is 399 g/mol. The zero-order chi connectivity index (χ0) is 21.3. The summed E-state index contributed by atoms with van der Waals surface area (Å²) in [4.78, 5) is 12.5. The molecular formula is C24H25N5O. The number of carbonyl (C=O) groups is 1. The first-order valence-electron chi connectivity index (χ1n) is 9.98. The van der Waals surface area contributed by atoms with Gasteiger partial charge in [0.05, 0.1) is 6.04 Å². The molecule has 1 aromatic carbocycles. The minimum Gasteiger partial charge on any atom is -0.343 e. The third kappa shape index (κ3) is 3.76. The van der Waals surface area contributed by atoms with Gasteiger partial charge in [-0.1, -0.05) is 23.8 Å². The summed E-state index contributed by atoms with van der Waals surface area (Å²) in [6, 6.07) is 16.0. The number of amides is 1. The van der Waals surface area contributed by atoms with Crippen molar-refractivity contribution in [1.29, 1.82) is 0 Å². The summed E-state index contributed by atoms with van der Waals surface area (Å²) in [7, 11) is 0. The smallest absolute Gasteiger partial charge is 0.244 e. The van der Waals surface area contributed by atoms with Crippen molar-refractivity contribution in [3.63, 3.8) is 0 Å². The highest BCUT2D eigenvalue weighted by molar-refractivity contribution is 5.92. The van der Waals surface area contributed by atoms with Crippen molar-refractivity contribution in [3.8, 4) is 5.69 Å². The second kappa shape index (κ2) is 7.99. The lowest BCUT2D eigenvalue weighted by molar-refractivity contribution is -0.117. The molecule has 0 aliphatic heterocycles. The molecule has 3 aromatic heterocycles. The predicted octanol–water partition coefficient (Wildman–Crippen LogP) is 4.34. The Kier molecular flexibility index (Phi) is 5.23. The molecule has 6 heteroatoms. The number of benzene rings is 1. The molecule has 0 aliphatic carbocycles. The Bertz CT molecular complexity index is 1230. The van der Waals surface area contributed by atoms with Gasteiger partial charge in [-0.2, -0.15) is 0 Å². The Morgan fingerprint density at radius 3 is 2.60 bits per heavy atom. The normalized spacial score (nSPS) is 12.5. The molecule has 3 heterocycles. The van der Waals surface area contributed by atoms with Crippen LogP contribution in [0.2, 0.25) is 0 Å². The lowest BCUT2D eigenvalue weighted by atomic mass is 10.2. The Morgan fingerprint density at radius 2 is 1.83 bits per heavy atom. The van der Waals surface area contributed by atoms with Crippen LogP contribution in [0.15, 0.2) is 60.8 Å².